The summed E-state index contributed by atoms with van der Waals surface area (Å²) in [5.41, 5.74) is 3.49. The van der Waals surface area contributed by atoms with E-state index in [2.05, 4.69) is 23.8 Å². The molecule has 2 heterocycles. The maximum absolute atomic E-state index is 12.8. The van der Waals surface area contributed by atoms with Gasteiger partial charge in [0.15, 0.2) is 0 Å². The molecule has 0 atom stereocenters. The number of sulfonamides is 1. The van der Waals surface area contributed by atoms with Crippen molar-refractivity contribution in [2.75, 3.05) is 26.2 Å². The second-order valence-corrected chi connectivity index (χ2v) is 8.89. The fourth-order valence-electron chi connectivity index (χ4n) is 3.42. The topological polar surface area (TPSA) is 58.4 Å². The van der Waals surface area contributed by atoms with Crippen molar-refractivity contribution in [2.24, 2.45) is 0 Å². The number of aromatic nitrogens is 2. The van der Waals surface area contributed by atoms with E-state index in [-0.39, 0.29) is 22.3 Å². The summed E-state index contributed by atoms with van der Waals surface area (Å²) in [6, 6.07) is 6.61. The molecule has 0 radical (unpaired) electrons. The van der Waals surface area contributed by atoms with Crippen LogP contribution in [0.1, 0.15) is 23.9 Å². The molecule has 0 saturated carbocycles. The van der Waals surface area contributed by atoms with Crippen molar-refractivity contribution < 1.29 is 8.42 Å². The van der Waals surface area contributed by atoms with Gasteiger partial charge in [0, 0.05) is 50.5 Å². The molecule has 0 spiro atoms. The van der Waals surface area contributed by atoms with Gasteiger partial charge in [0.1, 0.15) is 4.90 Å². The Morgan fingerprint density at radius 3 is 2.30 bits per heavy atom. The van der Waals surface area contributed by atoms with Crippen LogP contribution in [0.25, 0.3) is 0 Å². The molecule has 1 aromatic carbocycles. The minimum Gasteiger partial charge on any atom is -0.296 e. The Morgan fingerprint density at radius 2 is 1.74 bits per heavy atom. The smallest absolute Gasteiger partial charge is 0.244 e. The maximum Gasteiger partial charge on any atom is 0.244 e. The number of rotatable bonds is 5. The SMILES string of the molecule is CCn1nc(C)c(CN2CCN(S(=O)(=O)c3ccccc3Cl)CC2)c1C.Cl. The first kappa shape index (κ1) is 22.2. The minimum atomic E-state index is -3.55. The highest BCUT2D eigenvalue weighted by Crippen LogP contribution is 2.25. The number of benzene rings is 1. The van der Waals surface area contributed by atoms with Gasteiger partial charge in [0.2, 0.25) is 10.0 Å². The first-order valence-corrected chi connectivity index (χ1v) is 10.7. The largest absolute Gasteiger partial charge is 0.296 e. The average Bonchev–Trinajstić information content (AvgIpc) is 2.90. The number of halogens is 2. The molecule has 1 aliphatic heterocycles. The Kier molecular flexibility index (Phi) is 7.33. The number of aryl methyl sites for hydroxylation is 2. The summed E-state index contributed by atoms with van der Waals surface area (Å²) in [4.78, 5) is 2.47. The summed E-state index contributed by atoms with van der Waals surface area (Å²) in [5, 5.41) is 4.84. The van der Waals surface area contributed by atoms with Crippen molar-refractivity contribution in [2.45, 2.75) is 38.8 Å². The van der Waals surface area contributed by atoms with E-state index in [1.54, 1.807) is 24.3 Å². The lowest BCUT2D eigenvalue weighted by Crippen LogP contribution is -2.48. The Labute approximate surface area is 172 Å². The number of piperazine rings is 1. The highest BCUT2D eigenvalue weighted by molar-refractivity contribution is 7.89. The van der Waals surface area contributed by atoms with Crippen molar-refractivity contribution in [3.05, 3.63) is 46.2 Å². The molecule has 2 aromatic rings. The predicted octanol–water partition coefficient (Wildman–Crippen LogP) is 3.10. The van der Waals surface area contributed by atoms with Gasteiger partial charge < -0.3 is 0 Å². The zero-order valence-electron chi connectivity index (χ0n) is 15.9. The van der Waals surface area contributed by atoms with Crippen LogP contribution >= 0.6 is 24.0 Å². The van der Waals surface area contributed by atoms with Crippen LogP contribution in [0, 0.1) is 13.8 Å². The quantitative estimate of drug-likeness (QED) is 0.727. The molecule has 0 amide bonds. The van der Waals surface area contributed by atoms with Gasteiger partial charge in [-0.3, -0.25) is 9.58 Å². The van der Waals surface area contributed by atoms with Crippen molar-refractivity contribution >= 4 is 34.0 Å². The monoisotopic (exact) mass is 432 g/mol. The summed E-state index contributed by atoms with van der Waals surface area (Å²) < 4.78 is 29.2. The second-order valence-electron chi connectivity index (χ2n) is 6.58. The van der Waals surface area contributed by atoms with Crippen LogP contribution in [-0.4, -0.2) is 53.6 Å². The molecule has 27 heavy (non-hydrogen) atoms. The van der Waals surface area contributed by atoms with E-state index in [0.29, 0.717) is 26.2 Å². The van der Waals surface area contributed by atoms with Crippen LogP contribution in [0.3, 0.4) is 0 Å². The number of hydrogen-bond acceptors (Lipinski definition) is 4. The van der Waals surface area contributed by atoms with Gasteiger partial charge in [-0.1, -0.05) is 23.7 Å². The van der Waals surface area contributed by atoms with Crippen LogP contribution in [0.15, 0.2) is 29.2 Å². The molecule has 1 aromatic heterocycles. The Morgan fingerprint density at radius 1 is 1.11 bits per heavy atom. The fourth-order valence-corrected chi connectivity index (χ4v) is 5.33. The molecule has 0 bridgehead atoms. The van der Waals surface area contributed by atoms with E-state index >= 15 is 0 Å². The summed E-state index contributed by atoms with van der Waals surface area (Å²) in [5.74, 6) is 0. The van der Waals surface area contributed by atoms with Gasteiger partial charge in [-0.2, -0.15) is 9.40 Å². The summed E-state index contributed by atoms with van der Waals surface area (Å²) in [6.45, 7) is 10.2. The lowest BCUT2D eigenvalue weighted by Gasteiger charge is -2.34. The molecule has 6 nitrogen and oxygen atoms in total. The van der Waals surface area contributed by atoms with E-state index in [9.17, 15) is 8.42 Å². The molecule has 0 unspecified atom stereocenters. The maximum atomic E-state index is 12.8. The standard InChI is InChI=1S/C18H25ClN4O2S.ClH/c1-4-23-15(3)16(14(2)20-23)13-21-9-11-22(12-10-21)26(24,25)18-8-6-5-7-17(18)19;/h5-8H,4,9-13H2,1-3H3;1H. The Balaban J connectivity index is 0.00000261. The van der Waals surface area contributed by atoms with Crippen LogP contribution < -0.4 is 0 Å². The highest BCUT2D eigenvalue weighted by Gasteiger charge is 2.30. The normalized spacial score (nSPS) is 16.3. The molecular weight excluding hydrogens is 407 g/mol. The van der Waals surface area contributed by atoms with E-state index in [1.165, 1.54) is 15.6 Å². The predicted molar refractivity (Wildman–Crippen MR) is 110 cm³/mol. The molecule has 150 valence electrons. The Hall–Kier alpha value is -1.12. The van der Waals surface area contributed by atoms with E-state index < -0.39 is 10.0 Å². The van der Waals surface area contributed by atoms with Crippen LogP contribution in [0.2, 0.25) is 5.02 Å². The summed E-state index contributed by atoms with van der Waals surface area (Å²) >= 11 is 6.09. The van der Waals surface area contributed by atoms with Gasteiger partial charge >= 0.3 is 0 Å². The lowest BCUT2D eigenvalue weighted by atomic mass is 10.1. The molecule has 1 aliphatic rings. The van der Waals surface area contributed by atoms with Crippen LogP contribution in [0.4, 0.5) is 0 Å². The van der Waals surface area contributed by atoms with E-state index in [1.807, 2.05) is 11.6 Å². The zero-order valence-corrected chi connectivity index (χ0v) is 18.2. The van der Waals surface area contributed by atoms with Gasteiger partial charge in [-0.05, 0) is 32.9 Å². The molecule has 3 rings (SSSR count). The average molecular weight is 433 g/mol. The molecule has 1 saturated heterocycles. The second kappa shape index (κ2) is 8.92. The van der Waals surface area contributed by atoms with Gasteiger partial charge in [-0.15, -0.1) is 12.4 Å². The summed E-state index contributed by atoms with van der Waals surface area (Å²) in [7, 11) is -3.55. The van der Waals surface area contributed by atoms with Crippen molar-refractivity contribution in [3.63, 3.8) is 0 Å². The Bertz CT molecular complexity index is 891. The third-order valence-corrected chi connectivity index (χ3v) is 7.40. The molecule has 0 aliphatic carbocycles. The van der Waals surface area contributed by atoms with Crippen molar-refractivity contribution in [1.82, 2.24) is 19.0 Å². The van der Waals surface area contributed by atoms with Crippen LogP contribution in [0.5, 0.6) is 0 Å². The van der Waals surface area contributed by atoms with Crippen LogP contribution in [-0.2, 0) is 23.1 Å². The molecular formula is C18H26Cl2N4O2S. The zero-order chi connectivity index (χ0) is 18.9. The van der Waals surface area contributed by atoms with Gasteiger partial charge in [0.05, 0.1) is 10.7 Å². The summed E-state index contributed by atoms with van der Waals surface area (Å²) in [6.07, 6.45) is 0. The van der Waals surface area contributed by atoms with Crippen molar-refractivity contribution in [3.8, 4) is 0 Å². The third-order valence-electron chi connectivity index (χ3n) is 5.00. The third kappa shape index (κ3) is 4.49. The van der Waals surface area contributed by atoms with E-state index in [0.717, 1.165) is 18.8 Å². The molecule has 0 N–H and O–H groups in total. The lowest BCUT2D eigenvalue weighted by molar-refractivity contribution is 0.181. The number of hydrogen-bond donors (Lipinski definition) is 0. The van der Waals surface area contributed by atoms with Gasteiger partial charge in [0.25, 0.3) is 0 Å². The van der Waals surface area contributed by atoms with Gasteiger partial charge in [-0.25, -0.2) is 8.42 Å². The van der Waals surface area contributed by atoms with Crippen molar-refractivity contribution in [1.29, 1.82) is 0 Å². The molecule has 1 fully saturated rings. The number of nitrogens with zero attached hydrogens (tertiary/aromatic N) is 4. The highest BCUT2D eigenvalue weighted by atomic mass is 35.5. The molecule has 9 heteroatoms. The first-order chi connectivity index (χ1) is 12.3. The first-order valence-electron chi connectivity index (χ1n) is 8.84. The minimum absolute atomic E-state index is 0. The van der Waals surface area contributed by atoms with E-state index in [4.69, 9.17) is 11.6 Å². The fraction of sp³-hybridized carbons (Fsp3) is 0.500.